The summed E-state index contributed by atoms with van der Waals surface area (Å²) in [6, 6.07) is 25.4. The molecule has 1 unspecified atom stereocenters. The Labute approximate surface area is 345 Å². The van der Waals surface area contributed by atoms with Gasteiger partial charge < -0.3 is 45.0 Å². The van der Waals surface area contributed by atoms with Crippen molar-refractivity contribution in [1.82, 2.24) is 20.9 Å². The van der Waals surface area contributed by atoms with Gasteiger partial charge in [0.15, 0.2) is 0 Å². The van der Waals surface area contributed by atoms with E-state index in [4.69, 9.17) is 29.2 Å². The van der Waals surface area contributed by atoms with Gasteiger partial charge in [-0.25, -0.2) is 4.98 Å². The second-order valence-electron chi connectivity index (χ2n) is 13.4. The smallest absolute Gasteiger partial charge is 0.239 e. The second-order valence-corrected chi connectivity index (χ2v) is 13.4. The van der Waals surface area contributed by atoms with Crippen LogP contribution >= 0.6 is 0 Å². The first-order valence-corrected chi connectivity index (χ1v) is 19.9. The molecule has 59 heavy (non-hydrogen) atoms. The molecule has 0 saturated heterocycles. The summed E-state index contributed by atoms with van der Waals surface area (Å²) in [5, 5.41) is 17.4. The average molecular weight is 813 g/mol. The van der Waals surface area contributed by atoms with Gasteiger partial charge in [-0.1, -0.05) is 71.8 Å². The number of pyridine rings is 1. The monoisotopic (exact) mass is 812 g/mol. The number of hydrogen-bond acceptors (Lipinski definition) is 11. The zero-order valence-electron chi connectivity index (χ0n) is 33.7. The number of ether oxygens (including phenoxy) is 5. The van der Waals surface area contributed by atoms with Gasteiger partial charge in [0.2, 0.25) is 17.7 Å². The van der Waals surface area contributed by atoms with E-state index >= 15 is 0 Å². The molecule has 0 aliphatic carbocycles. The Balaban J connectivity index is 1.16. The number of benzene rings is 3. The third kappa shape index (κ3) is 18.7. The van der Waals surface area contributed by atoms with Crippen molar-refractivity contribution in [3.05, 3.63) is 107 Å². The number of aryl methyl sites for hydroxylation is 1. The van der Waals surface area contributed by atoms with Crippen molar-refractivity contribution in [3.63, 3.8) is 0 Å². The summed E-state index contributed by atoms with van der Waals surface area (Å²) in [7, 11) is 0. The van der Waals surface area contributed by atoms with E-state index in [0.29, 0.717) is 79.0 Å². The van der Waals surface area contributed by atoms with Crippen LogP contribution in [0.25, 0.3) is 32.3 Å². The van der Waals surface area contributed by atoms with Gasteiger partial charge in [-0.05, 0) is 64.0 Å². The Morgan fingerprint density at radius 2 is 1.39 bits per heavy atom. The molecule has 4 rings (SSSR count). The summed E-state index contributed by atoms with van der Waals surface area (Å²) in [5.74, 6) is -0.152. The fourth-order valence-electron chi connectivity index (χ4n) is 5.89. The molecule has 0 aliphatic heterocycles. The lowest BCUT2D eigenvalue weighted by molar-refractivity contribution is -0.127. The minimum absolute atomic E-state index is 0.00718. The lowest BCUT2D eigenvalue weighted by Gasteiger charge is -2.20. The lowest BCUT2D eigenvalue weighted by Crippen LogP contribution is -2.40. The fraction of sp³-hybridized carbons (Fsp3) is 0.442. The van der Waals surface area contributed by atoms with Gasteiger partial charge in [0.05, 0.1) is 85.1 Å². The summed E-state index contributed by atoms with van der Waals surface area (Å²) >= 11 is 0. The Morgan fingerprint density at radius 1 is 0.729 bits per heavy atom. The standard InChI is InChI=1S/C43H56N8O8/c1-33-15-17-46-40(30-33)45-16-5-10-41(52)48-32-43(54)50-39(36-13-11-35(12-14-36)38-9-4-7-34-6-2-3-8-37(34)38)31-42(53)47-18-20-55-22-24-57-26-28-59-29-27-58-25-23-56-21-19-49-51-44/h2-4,6-9,11-15,17,30,39H,5,10,16,18-29,31-32H2,1H3,(H,45,46)(H,47,53)(H,48,52)(H,50,54). The molecule has 0 radical (unpaired) electrons. The van der Waals surface area contributed by atoms with Crippen molar-refractivity contribution in [2.75, 3.05) is 97.6 Å². The largest absolute Gasteiger partial charge is 0.379 e. The highest BCUT2D eigenvalue weighted by Gasteiger charge is 2.19. The summed E-state index contributed by atoms with van der Waals surface area (Å²) in [6.07, 6.45) is 2.53. The Hall–Kier alpha value is -5.61. The minimum Gasteiger partial charge on any atom is -0.379 e. The van der Waals surface area contributed by atoms with Crippen molar-refractivity contribution in [2.24, 2.45) is 5.11 Å². The number of amides is 3. The molecule has 0 spiro atoms. The molecule has 3 aromatic carbocycles. The second kappa shape index (κ2) is 27.9. The topological polar surface area (TPSA) is 207 Å². The number of azide groups is 1. The molecule has 0 saturated carbocycles. The van der Waals surface area contributed by atoms with Crippen LogP contribution in [0.2, 0.25) is 0 Å². The number of nitrogens with zero attached hydrogens (tertiary/aromatic N) is 4. The van der Waals surface area contributed by atoms with Crippen molar-refractivity contribution < 1.29 is 38.1 Å². The van der Waals surface area contributed by atoms with Gasteiger partial charge in [0, 0.05) is 37.2 Å². The van der Waals surface area contributed by atoms with Gasteiger partial charge in [-0.3, -0.25) is 14.4 Å². The van der Waals surface area contributed by atoms with Crippen molar-refractivity contribution in [2.45, 2.75) is 32.2 Å². The molecule has 1 aromatic heterocycles. The maximum Gasteiger partial charge on any atom is 0.239 e. The summed E-state index contributed by atoms with van der Waals surface area (Å²) in [6.45, 7) is 6.85. The van der Waals surface area contributed by atoms with Crippen LogP contribution < -0.4 is 21.3 Å². The highest BCUT2D eigenvalue weighted by atomic mass is 16.6. The summed E-state index contributed by atoms with van der Waals surface area (Å²) < 4.78 is 27.2. The maximum atomic E-state index is 13.1. The van der Waals surface area contributed by atoms with E-state index in [1.165, 1.54) is 0 Å². The van der Waals surface area contributed by atoms with Crippen LogP contribution in [0.5, 0.6) is 0 Å². The molecule has 3 amide bonds. The molecule has 0 bridgehead atoms. The molecular weight excluding hydrogens is 757 g/mol. The van der Waals surface area contributed by atoms with Crippen molar-refractivity contribution in [3.8, 4) is 11.1 Å². The van der Waals surface area contributed by atoms with Gasteiger partial charge in [0.1, 0.15) is 5.82 Å². The number of rotatable bonds is 30. The Morgan fingerprint density at radius 3 is 2.08 bits per heavy atom. The summed E-state index contributed by atoms with van der Waals surface area (Å²) in [5.41, 5.74) is 12.2. The van der Waals surface area contributed by atoms with Gasteiger partial charge in [-0.2, -0.15) is 0 Å². The van der Waals surface area contributed by atoms with Crippen LogP contribution in [0, 0.1) is 6.92 Å². The highest BCUT2D eigenvalue weighted by Crippen LogP contribution is 2.30. The Bertz CT molecular complexity index is 1900. The fourth-order valence-corrected chi connectivity index (χ4v) is 5.89. The first kappa shape index (κ1) is 46.1. The zero-order chi connectivity index (χ0) is 41.8. The molecule has 16 heteroatoms. The molecule has 4 aromatic rings. The van der Waals surface area contributed by atoms with Crippen molar-refractivity contribution in [1.29, 1.82) is 0 Å². The van der Waals surface area contributed by atoms with Crippen LogP contribution in [0.1, 0.15) is 36.4 Å². The number of hydrogen-bond donors (Lipinski definition) is 4. The number of carbonyl (C=O) groups is 3. The highest BCUT2D eigenvalue weighted by molar-refractivity contribution is 5.96. The third-order valence-corrected chi connectivity index (χ3v) is 8.84. The van der Waals surface area contributed by atoms with E-state index < -0.39 is 11.9 Å². The number of nitrogens with one attached hydrogen (secondary N) is 4. The van der Waals surface area contributed by atoms with E-state index in [-0.39, 0.29) is 44.4 Å². The molecule has 0 aliphatic rings. The SMILES string of the molecule is Cc1ccnc(NCCCC(=O)NCC(=O)NC(CC(=O)NCCOCCOCCOCCOCCOCCN=[N+]=[N-])c2ccc(-c3cccc4ccccc34)cc2)c1. The maximum absolute atomic E-state index is 13.1. The molecule has 1 atom stereocenters. The number of fused-ring (bicyclic) bond motifs is 1. The van der Waals surface area contributed by atoms with Crippen molar-refractivity contribution >= 4 is 34.3 Å². The van der Waals surface area contributed by atoms with Gasteiger partial charge in [0.25, 0.3) is 0 Å². The quantitative estimate of drug-likeness (QED) is 0.0232. The van der Waals surface area contributed by atoms with Crippen LogP contribution in [0.3, 0.4) is 0 Å². The first-order valence-electron chi connectivity index (χ1n) is 19.9. The third-order valence-electron chi connectivity index (χ3n) is 8.84. The number of carbonyl (C=O) groups excluding carboxylic acids is 3. The number of aromatic nitrogens is 1. The average Bonchev–Trinajstić information content (AvgIpc) is 3.25. The van der Waals surface area contributed by atoms with E-state index in [1.54, 1.807) is 6.20 Å². The van der Waals surface area contributed by atoms with Crippen LogP contribution in [-0.4, -0.2) is 115 Å². The summed E-state index contributed by atoms with van der Waals surface area (Å²) in [4.78, 5) is 45.6. The molecule has 316 valence electrons. The molecule has 0 fully saturated rings. The molecule has 16 nitrogen and oxygen atoms in total. The van der Waals surface area contributed by atoms with Crippen LogP contribution in [0.4, 0.5) is 5.82 Å². The molecular formula is C43H56N8O8. The number of anilines is 1. The normalized spacial score (nSPS) is 11.4. The molecule has 1 heterocycles. The Kier molecular flexibility index (Phi) is 21.8. The zero-order valence-corrected chi connectivity index (χ0v) is 33.7. The first-order chi connectivity index (χ1) is 28.9. The van der Waals surface area contributed by atoms with Crippen LogP contribution in [-0.2, 0) is 38.1 Å². The van der Waals surface area contributed by atoms with Gasteiger partial charge in [-0.15, -0.1) is 0 Å². The van der Waals surface area contributed by atoms with E-state index in [1.807, 2.05) is 61.5 Å². The van der Waals surface area contributed by atoms with E-state index in [0.717, 1.165) is 38.8 Å². The van der Waals surface area contributed by atoms with E-state index in [9.17, 15) is 14.4 Å². The predicted octanol–water partition coefficient (Wildman–Crippen LogP) is 5.28. The lowest BCUT2D eigenvalue weighted by atomic mass is 9.95. The van der Waals surface area contributed by atoms with E-state index in [2.05, 4.69) is 60.5 Å². The molecule has 4 N–H and O–H groups in total. The predicted molar refractivity (Wildman–Crippen MR) is 226 cm³/mol. The minimum atomic E-state index is -0.634. The van der Waals surface area contributed by atoms with Gasteiger partial charge >= 0.3 is 0 Å². The van der Waals surface area contributed by atoms with Crippen LogP contribution in [0.15, 0.2) is 90.2 Å².